The molecule has 3 aromatic rings. The molecule has 4 aliphatic rings. The van der Waals surface area contributed by atoms with Crippen LogP contribution in [0.15, 0.2) is 12.3 Å². The van der Waals surface area contributed by atoms with Gasteiger partial charge in [0, 0.05) is 55.6 Å². The Morgan fingerprint density at radius 3 is 2.59 bits per heavy atom. The summed E-state index contributed by atoms with van der Waals surface area (Å²) in [6, 6.07) is 2.05. The number of nitrogens with one attached hydrogen (secondary N) is 2. The Kier molecular flexibility index (Phi) is 5.82. The second-order valence-corrected chi connectivity index (χ2v) is 11.9. The van der Waals surface area contributed by atoms with Gasteiger partial charge in [-0.2, -0.15) is 10.2 Å². The summed E-state index contributed by atoms with van der Waals surface area (Å²) < 4.78 is 4.21. The van der Waals surface area contributed by atoms with E-state index in [2.05, 4.69) is 45.2 Å². The van der Waals surface area contributed by atoms with Crippen molar-refractivity contribution in [2.75, 3.05) is 18.5 Å². The fourth-order valence-electron chi connectivity index (χ4n) is 6.99. The van der Waals surface area contributed by atoms with Crippen LogP contribution in [0.4, 0.5) is 5.69 Å². The van der Waals surface area contributed by atoms with Crippen molar-refractivity contribution in [1.82, 2.24) is 35.2 Å². The molecule has 3 aliphatic carbocycles. The minimum Gasteiger partial charge on any atom is -0.366 e. The molecule has 3 saturated carbocycles. The van der Waals surface area contributed by atoms with Gasteiger partial charge in [-0.05, 0) is 77.8 Å². The van der Waals surface area contributed by atoms with Crippen LogP contribution in [0.2, 0.25) is 0 Å². The minimum absolute atomic E-state index is 0.00971. The summed E-state index contributed by atoms with van der Waals surface area (Å²) in [7, 11) is 3.80. The van der Waals surface area contributed by atoms with Gasteiger partial charge in [0.25, 0.3) is 0 Å². The summed E-state index contributed by atoms with van der Waals surface area (Å²) in [4.78, 5) is 19.8. The third kappa shape index (κ3) is 4.11. The number of likely N-dealkylation sites (N-methyl/N-ethyl adjacent to an activating group) is 1. The average Bonchev–Trinajstić information content (AvgIpc) is 3.42. The maximum absolute atomic E-state index is 12.6. The van der Waals surface area contributed by atoms with Gasteiger partial charge in [-0.15, -0.1) is 0 Å². The summed E-state index contributed by atoms with van der Waals surface area (Å²) >= 11 is 0. The van der Waals surface area contributed by atoms with E-state index in [9.17, 15) is 4.79 Å². The van der Waals surface area contributed by atoms with E-state index in [-0.39, 0.29) is 17.5 Å². The molecule has 0 spiro atoms. The maximum atomic E-state index is 12.6. The first-order valence-corrected chi connectivity index (χ1v) is 13.8. The molecule has 198 valence electrons. The molecule has 0 aromatic carbocycles. The number of hydrogen-bond donors (Lipinski definition) is 2. The predicted octanol–water partition coefficient (Wildman–Crippen LogP) is 3.16. The van der Waals surface area contributed by atoms with Crippen LogP contribution >= 0.6 is 0 Å². The Morgan fingerprint density at radius 2 is 1.89 bits per heavy atom. The molecule has 9 heteroatoms. The first-order chi connectivity index (χ1) is 17.7. The topological polar surface area (TPSA) is 92.9 Å². The summed E-state index contributed by atoms with van der Waals surface area (Å²) in [5, 5.41) is 17.1. The zero-order valence-electron chi connectivity index (χ0n) is 22.9. The molecule has 3 fully saturated rings. The Balaban J connectivity index is 1.19. The third-order valence-electron chi connectivity index (χ3n) is 9.59. The van der Waals surface area contributed by atoms with Crippen molar-refractivity contribution >= 4 is 22.6 Å². The minimum atomic E-state index is -0.147. The summed E-state index contributed by atoms with van der Waals surface area (Å²) in [6.45, 7) is 9.00. The lowest BCUT2D eigenvalue weighted by Gasteiger charge is -2.54. The number of hydrogen-bond acceptors (Lipinski definition) is 6. The maximum Gasteiger partial charge on any atom is 0.237 e. The zero-order chi connectivity index (χ0) is 25.9. The molecule has 1 atom stereocenters. The highest BCUT2D eigenvalue weighted by Gasteiger charge is 2.50. The van der Waals surface area contributed by atoms with E-state index in [1.165, 1.54) is 16.9 Å². The Labute approximate surface area is 219 Å². The lowest BCUT2D eigenvalue weighted by molar-refractivity contribution is -0.127. The first kappa shape index (κ1) is 24.4. The van der Waals surface area contributed by atoms with Gasteiger partial charge in [-0.3, -0.25) is 14.2 Å². The molecule has 0 saturated heterocycles. The van der Waals surface area contributed by atoms with Gasteiger partial charge in [0.15, 0.2) is 5.65 Å². The van der Waals surface area contributed by atoms with Crippen LogP contribution in [0.3, 0.4) is 0 Å². The van der Waals surface area contributed by atoms with Crippen molar-refractivity contribution in [3.8, 4) is 0 Å². The van der Waals surface area contributed by atoms with E-state index in [4.69, 9.17) is 10.1 Å². The number of rotatable bonds is 6. The predicted molar refractivity (Wildman–Crippen MR) is 144 cm³/mol. The van der Waals surface area contributed by atoms with Crippen LogP contribution in [0.25, 0.3) is 11.0 Å². The van der Waals surface area contributed by atoms with Crippen molar-refractivity contribution in [2.24, 2.45) is 12.5 Å². The van der Waals surface area contributed by atoms with Crippen LogP contribution in [0.1, 0.15) is 68.1 Å². The average molecular weight is 505 g/mol. The molecule has 37 heavy (non-hydrogen) atoms. The van der Waals surface area contributed by atoms with E-state index >= 15 is 0 Å². The van der Waals surface area contributed by atoms with E-state index < -0.39 is 0 Å². The molecular weight excluding hydrogens is 464 g/mol. The molecule has 9 nitrogen and oxygen atoms in total. The normalized spacial score (nSPS) is 25.9. The Bertz CT molecular complexity index is 1330. The fourth-order valence-corrected chi connectivity index (χ4v) is 6.99. The van der Waals surface area contributed by atoms with Gasteiger partial charge < -0.3 is 15.5 Å². The molecule has 7 rings (SSSR count). The first-order valence-electron chi connectivity index (χ1n) is 13.8. The second kappa shape index (κ2) is 8.82. The molecule has 1 aliphatic heterocycles. The number of anilines is 1. The number of fused-ring (bicyclic) bond motifs is 5. The van der Waals surface area contributed by atoms with Crippen LogP contribution < -0.4 is 15.5 Å². The van der Waals surface area contributed by atoms with Gasteiger partial charge in [0.05, 0.1) is 29.0 Å². The van der Waals surface area contributed by atoms with Gasteiger partial charge in [-0.1, -0.05) is 0 Å². The van der Waals surface area contributed by atoms with Crippen LogP contribution in [-0.2, 0) is 31.4 Å². The number of amides is 1. The van der Waals surface area contributed by atoms with Crippen molar-refractivity contribution in [3.63, 3.8) is 0 Å². The SMILES string of the molecule is CN[C@@H](C)C(=O)NC12CCC(Cn3nc(C)c4c3CCN(c3cc(C)nc5c3cnn5C)C4)(CC1)CC2. The molecule has 2 bridgehead atoms. The van der Waals surface area contributed by atoms with Crippen molar-refractivity contribution in [2.45, 2.75) is 90.4 Å². The molecule has 1 amide bonds. The highest BCUT2D eigenvalue weighted by atomic mass is 16.2. The molecule has 0 unspecified atom stereocenters. The largest absolute Gasteiger partial charge is 0.366 e. The number of carbonyl (C=O) groups excluding carboxylic acids is 1. The monoisotopic (exact) mass is 504 g/mol. The third-order valence-corrected chi connectivity index (χ3v) is 9.59. The molecule has 2 N–H and O–H groups in total. The van der Waals surface area contributed by atoms with Crippen LogP contribution in [0, 0.1) is 19.3 Å². The lowest BCUT2D eigenvalue weighted by atomic mass is 9.57. The van der Waals surface area contributed by atoms with Gasteiger partial charge in [-0.25, -0.2) is 4.98 Å². The van der Waals surface area contributed by atoms with Gasteiger partial charge in [0.2, 0.25) is 5.91 Å². The molecule has 3 aromatic heterocycles. The number of pyridine rings is 1. The van der Waals surface area contributed by atoms with Crippen molar-refractivity contribution < 1.29 is 4.79 Å². The highest BCUT2D eigenvalue weighted by molar-refractivity contribution is 5.89. The van der Waals surface area contributed by atoms with Gasteiger partial charge in [0.1, 0.15) is 0 Å². The van der Waals surface area contributed by atoms with Crippen LogP contribution in [-0.4, -0.2) is 55.6 Å². The highest BCUT2D eigenvalue weighted by Crippen LogP contribution is 2.53. The number of carbonyl (C=O) groups is 1. The Morgan fingerprint density at radius 1 is 1.16 bits per heavy atom. The second-order valence-electron chi connectivity index (χ2n) is 11.9. The summed E-state index contributed by atoms with van der Waals surface area (Å²) in [6.07, 6.45) is 9.66. The molecular formula is C28H40N8O. The standard InChI is InChI=1S/C28H40N8O/c1-18-14-24(21-15-30-34(5)25(21)31-18)35-13-6-23-22(16-35)19(2)33-36(23)17-27-7-10-28(11-8-27,12-9-27)32-26(37)20(3)29-4/h14-15,20,29H,6-13,16-17H2,1-5H3,(H,32,37)/t20-,27?,28?/m0/s1. The van der Waals surface area contributed by atoms with E-state index in [1.54, 1.807) is 0 Å². The molecule has 4 heterocycles. The zero-order valence-corrected chi connectivity index (χ0v) is 22.9. The van der Waals surface area contributed by atoms with Crippen molar-refractivity contribution in [1.29, 1.82) is 0 Å². The van der Waals surface area contributed by atoms with E-state index in [0.29, 0.717) is 5.41 Å². The van der Waals surface area contributed by atoms with E-state index in [1.807, 2.05) is 31.9 Å². The van der Waals surface area contributed by atoms with Gasteiger partial charge >= 0.3 is 0 Å². The smallest absolute Gasteiger partial charge is 0.237 e. The number of nitrogens with zero attached hydrogens (tertiary/aromatic N) is 6. The number of aromatic nitrogens is 5. The quantitative estimate of drug-likeness (QED) is 0.536. The fraction of sp³-hybridized carbons (Fsp3) is 0.643. The number of aryl methyl sites for hydroxylation is 3. The van der Waals surface area contributed by atoms with E-state index in [0.717, 1.165) is 87.0 Å². The van der Waals surface area contributed by atoms with Crippen LogP contribution in [0.5, 0.6) is 0 Å². The Hall–Kier alpha value is -2.94. The summed E-state index contributed by atoms with van der Waals surface area (Å²) in [5.74, 6) is 0.131. The summed E-state index contributed by atoms with van der Waals surface area (Å²) in [5.41, 5.74) is 7.41. The molecule has 0 radical (unpaired) electrons. The van der Waals surface area contributed by atoms with Crippen molar-refractivity contribution in [3.05, 3.63) is 34.9 Å². The lowest BCUT2D eigenvalue weighted by Crippen LogP contribution is -2.59.